The van der Waals surface area contributed by atoms with E-state index in [0.717, 1.165) is 20.7 Å². The number of aryl methyl sites for hydroxylation is 1. The molecule has 0 aliphatic rings. The molecule has 2 heterocycles. The van der Waals surface area contributed by atoms with Crippen LogP contribution >= 0.6 is 38.6 Å². The summed E-state index contributed by atoms with van der Waals surface area (Å²) in [6.45, 7) is 2.13. The van der Waals surface area contributed by atoms with E-state index >= 15 is 0 Å². The van der Waals surface area contributed by atoms with E-state index in [1.165, 1.54) is 10.4 Å². The average molecular weight is 336 g/mol. The molecular formula is C14H10BrNS2. The minimum Gasteiger partial charge on any atom is -0.236 e. The third kappa shape index (κ3) is 2.16. The van der Waals surface area contributed by atoms with Gasteiger partial charge >= 0.3 is 0 Å². The van der Waals surface area contributed by atoms with E-state index in [9.17, 15) is 0 Å². The second-order valence-corrected chi connectivity index (χ2v) is 6.75. The van der Waals surface area contributed by atoms with Crippen LogP contribution in [-0.2, 0) is 0 Å². The molecule has 0 fully saturated rings. The van der Waals surface area contributed by atoms with Crippen molar-refractivity contribution >= 4 is 38.6 Å². The van der Waals surface area contributed by atoms with Gasteiger partial charge in [0, 0.05) is 25.9 Å². The molecule has 1 nitrogen and oxygen atoms in total. The van der Waals surface area contributed by atoms with Gasteiger partial charge in [0.15, 0.2) is 0 Å². The molecule has 0 spiro atoms. The first kappa shape index (κ1) is 12.1. The van der Waals surface area contributed by atoms with Gasteiger partial charge < -0.3 is 0 Å². The zero-order chi connectivity index (χ0) is 12.5. The Morgan fingerprint density at radius 1 is 1.17 bits per heavy atom. The number of nitrogens with zero attached hydrogens (tertiary/aromatic N) is 1. The molecule has 3 rings (SSSR count). The summed E-state index contributed by atoms with van der Waals surface area (Å²) in [5, 5.41) is 5.33. The van der Waals surface area contributed by atoms with Crippen molar-refractivity contribution in [1.29, 1.82) is 0 Å². The molecule has 0 aliphatic heterocycles. The van der Waals surface area contributed by atoms with Crippen LogP contribution in [0.3, 0.4) is 0 Å². The zero-order valence-corrected chi connectivity index (χ0v) is 12.9. The van der Waals surface area contributed by atoms with E-state index in [4.69, 9.17) is 4.98 Å². The predicted molar refractivity (Wildman–Crippen MR) is 83.3 cm³/mol. The Morgan fingerprint density at radius 3 is 2.72 bits per heavy atom. The molecule has 2 aromatic heterocycles. The first-order valence-corrected chi connectivity index (χ1v) is 8.06. The normalized spacial score (nSPS) is 10.8. The van der Waals surface area contributed by atoms with Crippen LogP contribution in [0, 0.1) is 6.92 Å². The highest BCUT2D eigenvalue weighted by Gasteiger charge is 2.13. The van der Waals surface area contributed by atoms with E-state index in [-0.39, 0.29) is 0 Å². The van der Waals surface area contributed by atoms with Crippen LogP contribution in [0.4, 0.5) is 0 Å². The van der Waals surface area contributed by atoms with Crippen molar-refractivity contribution in [3.8, 4) is 21.8 Å². The van der Waals surface area contributed by atoms with Gasteiger partial charge in [-0.2, -0.15) is 11.3 Å². The zero-order valence-electron chi connectivity index (χ0n) is 9.68. The SMILES string of the molecule is Cc1sc(-c2ccsc2)nc1-c1ccccc1Br. The molecule has 0 radical (unpaired) electrons. The molecular weight excluding hydrogens is 326 g/mol. The van der Waals surface area contributed by atoms with Gasteiger partial charge in [-0.25, -0.2) is 4.98 Å². The fourth-order valence-corrected chi connectivity index (χ4v) is 3.92. The number of aromatic nitrogens is 1. The van der Waals surface area contributed by atoms with Gasteiger partial charge in [-0.05, 0) is 24.4 Å². The van der Waals surface area contributed by atoms with Gasteiger partial charge in [0.2, 0.25) is 0 Å². The maximum Gasteiger partial charge on any atom is 0.125 e. The molecule has 0 unspecified atom stereocenters. The Morgan fingerprint density at radius 2 is 2.00 bits per heavy atom. The first-order valence-electron chi connectivity index (χ1n) is 5.50. The average Bonchev–Trinajstić information content (AvgIpc) is 2.99. The Hall–Kier alpha value is -0.970. The smallest absolute Gasteiger partial charge is 0.125 e. The van der Waals surface area contributed by atoms with Crippen LogP contribution < -0.4 is 0 Å². The minimum absolute atomic E-state index is 1.08. The van der Waals surface area contributed by atoms with Crippen molar-refractivity contribution < 1.29 is 0 Å². The summed E-state index contributed by atoms with van der Waals surface area (Å²) in [5.74, 6) is 0. The lowest BCUT2D eigenvalue weighted by atomic mass is 10.1. The highest BCUT2D eigenvalue weighted by molar-refractivity contribution is 9.10. The van der Waals surface area contributed by atoms with Crippen molar-refractivity contribution in [2.75, 3.05) is 0 Å². The molecule has 1 aromatic carbocycles. The molecule has 0 N–H and O–H groups in total. The molecule has 0 atom stereocenters. The first-order chi connectivity index (χ1) is 8.75. The quantitative estimate of drug-likeness (QED) is 0.593. The van der Waals surface area contributed by atoms with Crippen LogP contribution in [0.25, 0.3) is 21.8 Å². The predicted octanol–water partition coefficient (Wildman–Crippen LogP) is 5.61. The highest BCUT2D eigenvalue weighted by Crippen LogP contribution is 2.36. The largest absolute Gasteiger partial charge is 0.236 e. The van der Waals surface area contributed by atoms with Crippen LogP contribution in [0.15, 0.2) is 45.6 Å². The van der Waals surface area contributed by atoms with Gasteiger partial charge in [0.05, 0.1) is 5.69 Å². The monoisotopic (exact) mass is 335 g/mol. The van der Waals surface area contributed by atoms with Gasteiger partial charge in [0.1, 0.15) is 5.01 Å². The molecule has 0 bridgehead atoms. The third-order valence-electron chi connectivity index (χ3n) is 2.69. The summed E-state index contributed by atoms with van der Waals surface area (Å²) in [7, 11) is 0. The van der Waals surface area contributed by atoms with E-state index in [1.807, 2.05) is 12.1 Å². The van der Waals surface area contributed by atoms with Crippen molar-refractivity contribution in [2.45, 2.75) is 6.92 Å². The van der Waals surface area contributed by atoms with Gasteiger partial charge in [-0.3, -0.25) is 0 Å². The van der Waals surface area contributed by atoms with E-state index < -0.39 is 0 Å². The van der Waals surface area contributed by atoms with Gasteiger partial charge in [0.25, 0.3) is 0 Å². The van der Waals surface area contributed by atoms with Crippen molar-refractivity contribution in [3.63, 3.8) is 0 Å². The summed E-state index contributed by atoms with van der Waals surface area (Å²) in [6.07, 6.45) is 0. The van der Waals surface area contributed by atoms with Crippen molar-refractivity contribution in [3.05, 3.63) is 50.4 Å². The molecule has 4 heteroatoms. The summed E-state index contributed by atoms with van der Waals surface area (Å²) in [6, 6.07) is 10.3. The summed E-state index contributed by atoms with van der Waals surface area (Å²) in [4.78, 5) is 6.03. The number of halogens is 1. The minimum atomic E-state index is 1.08. The lowest BCUT2D eigenvalue weighted by Gasteiger charge is -2.01. The molecule has 0 saturated heterocycles. The van der Waals surface area contributed by atoms with E-state index in [2.05, 4.69) is 51.8 Å². The second kappa shape index (κ2) is 4.96. The topological polar surface area (TPSA) is 12.9 Å². The molecule has 0 amide bonds. The summed E-state index contributed by atoms with van der Waals surface area (Å²) < 4.78 is 1.09. The number of benzene rings is 1. The fraction of sp³-hybridized carbons (Fsp3) is 0.0714. The van der Waals surface area contributed by atoms with Crippen LogP contribution in [0.1, 0.15) is 4.88 Å². The van der Waals surface area contributed by atoms with Crippen LogP contribution in [0.5, 0.6) is 0 Å². The van der Waals surface area contributed by atoms with Gasteiger partial charge in [-0.1, -0.05) is 34.1 Å². The van der Waals surface area contributed by atoms with Crippen molar-refractivity contribution in [1.82, 2.24) is 4.98 Å². The molecule has 0 saturated carbocycles. The molecule has 18 heavy (non-hydrogen) atoms. The highest BCUT2D eigenvalue weighted by atomic mass is 79.9. The third-order valence-corrected chi connectivity index (χ3v) is 5.09. The van der Waals surface area contributed by atoms with Crippen molar-refractivity contribution in [2.24, 2.45) is 0 Å². The second-order valence-electron chi connectivity index (χ2n) is 3.92. The number of rotatable bonds is 2. The Labute approximate surface area is 122 Å². The van der Waals surface area contributed by atoms with E-state index in [1.54, 1.807) is 22.7 Å². The summed E-state index contributed by atoms with van der Waals surface area (Å²) in [5.41, 5.74) is 3.45. The molecule has 90 valence electrons. The number of thiophene rings is 1. The standard InChI is InChI=1S/C14H10BrNS2/c1-9-13(11-4-2-3-5-12(11)15)16-14(18-9)10-6-7-17-8-10/h2-8H,1H3. The lowest BCUT2D eigenvalue weighted by molar-refractivity contribution is 1.37. The van der Waals surface area contributed by atoms with Crippen LogP contribution in [-0.4, -0.2) is 4.98 Å². The van der Waals surface area contributed by atoms with E-state index in [0.29, 0.717) is 0 Å². The lowest BCUT2D eigenvalue weighted by Crippen LogP contribution is -1.82. The maximum absolute atomic E-state index is 4.78. The number of hydrogen-bond donors (Lipinski definition) is 0. The molecule has 3 aromatic rings. The number of thiazole rings is 1. The Kier molecular flexibility index (Phi) is 3.33. The molecule has 0 aliphatic carbocycles. The number of hydrogen-bond acceptors (Lipinski definition) is 3. The Bertz CT molecular complexity index is 671. The maximum atomic E-state index is 4.78. The van der Waals surface area contributed by atoms with Crippen LogP contribution in [0.2, 0.25) is 0 Å². The Balaban J connectivity index is 2.12. The summed E-state index contributed by atoms with van der Waals surface area (Å²) >= 11 is 7.05. The fourth-order valence-electron chi connectivity index (χ4n) is 1.81. The van der Waals surface area contributed by atoms with Gasteiger partial charge in [-0.15, -0.1) is 11.3 Å².